The topological polar surface area (TPSA) is 61.4 Å². The van der Waals surface area contributed by atoms with Crippen molar-refractivity contribution in [3.05, 3.63) is 100 Å². The third-order valence-electron chi connectivity index (χ3n) is 5.56. The van der Waals surface area contributed by atoms with Gasteiger partial charge in [-0.25, -0.2) is 4.79 Å². The summed E-state index contributed by atoms with van der Waals surface area (Å²) in [5.74, 6) is -0.187. The van der Waals surface area contributed by atoms with Gasteiger partial charge in [0.1, 0.15) is 6.04 Å². The number of hydrogen-bond acceptors (Lipinski definition) is 2. The molecule has 0 saturated carbocycles. The highest BCUT2D eigenvalue weighted by molar-refractivity contribution is 6.43. The van der Waals surface area contributed by atoms with Gasteiger partial charge in [0, 0.05) is 6.54 Å². The first-order valence-corrected chi connectivity index (χ1v) is 11.2. The molecule has 5 nitrogen and oxygen atoms in total. The number of benzene rings is 3. The molecule has 0 aliphatic carbocycles. The Morgan fingerprint density at radius 1 is 0.875 bits per heavy atom. The van der Waals surface area contributed by atoms with E-state index in [1.54, 1.807) is 23.1 Å². The predicted molar refractivity (Wildman–Crippen MR) is 128 cm³/mol. The lowest BCUT2D eigenvalue weighted by molar-refractivity contribution is -0.125. The van der Waals surface area contributed by atoms with Crippen LogP contribution in [0.2, 0.25) is 10.0 Å². The minimum atomic E-state index is -0.567. The largest absolute Gasteiger partial charge is 0.343 e. The zero-order chi connectivity index (χ0) is 22.5. The van der Waals surface area contributed by atoms with E-state index in [1.165, 1.54) is 0 Å². The molecule has 3 aromatic rings. The van der Waals surface area contributed by atoms with Crippen LogP contribution in [0.1, 0.15) is 30.0 Å². The molecule has 1 aliphatic rings. The molecule has 0 radical (unpaired) electrons. The number of halogens is 2. The average molecular weight is 468 g/mol. The number of nitrogens with one attached hydrogen (secondary N) is 2. The van der Waals surface area contributed by atoms with Crippen LogP contribution in [0.25, 0.3) is 0 Å². The highest BCUT2D eigenvalue weighted by atomic mass is 35.5. The van der Waals surface area contributed by atoms with Crippen LogP contribution in [0.4, 0.5) is 10.5 Å². The SMILES string of the molecule is O=C(NC(c1ccccc1)c1ccccc1)C1CCCN1C(=O)Nc1cccc(Cl)c1Cl. The molecule has 4 rings (SSSR count). The van der Waals surface area contributed by atoms with Crippen LogP contribution in [-0.4, -0.2) is 29.4 Å². The van der Waals surface area contributed by atoms with Crippen LogP contribution >= 0.6 is 23.2 Å². The second kappa shape index (κ2) is 10.1. The Hall–Kier alpha value is -3.02. The Bertz CT molecular complexity index is 1050. The Balaban J connectivity index is 1.52. The van der Waals surface area contributed by atoms with E-state index in [1.807, 2.05) is 60.7 Å². The highest BCUT2D eigenvalue weighted by Crippen LogP contribution is 2.30. The smallest absolute Gasteiger partial charge is 0.322 e. The summed E-state index contributed by atoms with van der Waals surface area (Å²) in [5.41, 5.74) is 2.38. The second-order valence-corrected chi connectivity index (χ2v) is 8.43. The Kier molecular flexibility index (Phi) is 6.98. The standard InChI is InChI=1S/C25H23Cl2N3O2/c26-19-13-7-14-20(22(19)27)28-25(32)30-16-8-15-21(30)24(31)29-23(17-9-3-1-4-10-17)18-11-5-2-6-12-18/h1-7,9-14,21,23H,8,15-16H2,(H,28,32)(H,29,31). The Morgan fingerprint density at radius 2 is 1.50 bits per heavy atom. The number of amides is 3. The maximum atomic E-state index is 13.3. The van der Waals surface area contributed by atoms with Gasteiger partial charge < -0.3 is 15.5 Å². The molecule has 0 bridgehead atoms. The highest BCUT2D eigenvalue weighted by Gasteiger charge is 2.35. The summed E-state index contributed by atoms with van der Waals surface area (Å²) in [6.07, 6.45) is 1.34. The predicted octanol–water partition coefficient (Wildman–Crippen LogP) is 5.90. The molecule has 1 saturated heterocycles. The van der Waals surface area contributed by atoms with Crippen molar-refractivity contribution >= 4 is 40.8 Å². The molecule has 1 unspecified atom stereocenters. The first kappa shape index (κ1) is 22.2. The molecule has 1 aliphatic heterocycles. The first-order valence-electron chi connectivity index (χ1n) is 10.5. The number of carbonyl (C=O) groups excluding carboxylic acids is 2. The lowest BCUT2D eigenvalue weighted by Gasteiger charge is -2.27. The molecule has 1 fully saturated rings. The van der Waals surface area contributed by atoms with E-state index in [0.717, 1.165) is 17.5 Å². The molecule has 3 amide bonds. The van der Waals surface area contributed by atoms with Crippen molar-refractivity contribution in [2.45, 2.75) is 24.9 Å². The van der Waals surface area contributed by atoms with Crippen LogP contribution in [0.5, 0.6) is 0 Å². The van der Waals surface area contributed by atoms with Crippen LogP contribution in [0, 0.1) is 0 Å². The summed E-state index contributed by atoms with van der Waals surface area (Å²) in [6, 6.07) is 23.4. The zero-order valence-electron chi connectivity index (χ0n) is 17.3. The van der Waals surface area contributed by atoms with Gasteiger partial charge >= 0.3 is 6.03 Å². The van der Waals surface area contributed by atoms with Gasteiger partial charge in [0.15, 0.2) is 0 Å². The van der Waals surface area contributed by atoms with Gasteiger partial charge in [0.05, 0.1) is 21.8 Å². The van der Waals surface area contributed by atoms with Crippen molar-refractivity contribution in [2.75, 3.05) is 11.9 Å². The molecule has 0 aromatic heterocycles. The maximum Gasteiger partial charge on any atom is 0.322 e. The third kappa shape index (κ3) is 4.90. The summed E-state index contributed by atoms with van der Waals surface area (Å²) in [6.45, 7) is 0.490. The van der Waals surface area contributed by atoms with E-state index >= 15 is 0 Å². The normalized spacial score (nSPS) is 15.6. The van der Waals surface area contributed by atoms with E-state index in [4.69, 9.17) is 23.2 Å². The molecule has 3 aromatic carbocycles. The minimum Gasteiger partial charge on any atom is -0.343 e. The quantitative estimate of drug-likeness (QED) is 0.490. The summed E-state index contributed by atoms with van der Waals surface area (Å²) in [4.78, 5) is 27.8. The van der Waals surface area contributed by atoms with E-state index in [0.29, 0.717) is 23.7 Å². The molecule has 1 atom stereocenters. The second-order valence-electron chi connectivity index (χ2n) is 7.65. The number of hydrogen-bond donors (Lipinski definition) is 2. The van der Waals surface area contributed by atoms with Crippen LogP contribution in [0.3, 0.4) is 0 Å². The van der Waals surface area contributed by atoms with E-state index in [-0.39, 0.29) is 23.0 Å². The molecule has 164 valence electrons. The van der Waals surface area contributed by atoms with E-state index in [9.17, 15) is 9.59 Å². The van der Waals surface area contributed by atoms with Gasteiger partial charge in [-0.15, -0.1) is 0 Å². The fourth-order valence-corrected chi connectivity index (χ4v) is 4.31. The number of urea groups is 1. The lowest BCUT2D eigenvalue weighted by Crippen LogP contribution is -2.48. The first-order chi connectivity index (χ1) is 15.5. The fourth-order valence-electron chi connectivity index (χ4n) is 3.96. The van der Waals surface area contributed by atoms with Crippen molar-refractivity contribution in [3.8, 4) is 0 Å². The molecule has 32 heavy (non-hydrogen) atoms. The van der Waals surface area contributed by atoms with Gasteiger partial charge in [-0.3, -0.25) is 4.79 Å². The van der Waals surface area contributed by atoms with Crippen LogP contribution in [-0.2, 0) is 4.79 Å². The molecule has 7 heteroatoms. The monoisotopic (exact) mass is 467 g/mol. The Morgan fingerprint density at radius 3 is 2.12 bits per heavy atom. The van der Waals surface area contributed by atoms with Crippen LogP contribution < -0.4 is 10.6 Å². The van der Waals surface area contributed by atoms with Gasteiger partial charge in [0.25, 0.3) is 0 Å². The van der Waals surface area contributed by atoms with Crippen molar-refractivity contribution < 1.29 is 9.59 Å². The zero-order valence-corrected chi connectivity index (χ0v) is 18.8. The number of nitrogens with zero attached hydrogens (tertiary/aromatic N) is 1. The van der Waals surface area contributed by atoms with Crippen molar-refractivity contribution in [1.29, 1.82) is 0 Å². The fraction of sp³-hybridized carbons (Fsp3) is 0.200. The van der Waals surface area contributed by atoms with Crippen LogP contribution in [0.15, 0.2) is 78.9 Å². The van der Waals surface area contributed by atoms with E-state index in [2.05, 4.69) is 10.6 Å². The summed E-state index contributed by atoms with van der Waals surface area (Å²) in [7, 11) is 0. The molecule has 0 spiro atoms. The number of carbonyl (C=O) groups is 2. The van der Waals surface area contributed by atoms with Crippen molar-refractivity contribution in [2.24, 2.45) is 0 Å². The van der Waals surface area contributed by atoms with Gasteiger partial charge in [0.2, 0.25) is 5.91 Å². The number of rotatable bonds is 5. The minimum absolute atomic E-state index is 0.187. The van der Waals surface area contributed by atoms with Crippen molar-refractivity contribution in [3.63, 3.8) is 0 Å². The molecule has 2 N–H and O–H groups in total. The molecular formula is C25H23Cl2N3O2. The molecule has 1 heterocycles. The summed E-state index contributed by atoms with van der Waals surface area (Å²) in [5, 5.41) is 6.57. The molecular weight excluding hydrogens is 445 g/mol. The average Bonchev–Trinajstić information content (AvgIpc) is 3.32. The lowest BCUT2D eigenvalue weighted by atomic mass is 9.98. The maximum absolute atomic E-state index is 13.3. The Labute approximate surface area is 197 Å². The number of likely N-dealkylation sites (tertiary alicyclic amines) is 1. The van der Waals surface area contributed by atoms with Crippen molar-refractivity contribution in [1.82, 2.24) is 10.2 Å². The van der Waals surface area contributed by atoms with Gasteiger partial charge in [-0.2, -0.15) is 0 Å². The summed E-state index contributed by atoms with van der Waals surface area (Å²) >= 11 is 12.3. The van der Waals surface area contributed by atoms with E-state index < -0.39 is 6.04 Å². The van der Waals surface area contributed by atoms with Gasteiger partial charge in [-0.1, -0.05) is 89.9 Å². The summed E-state index contributed by atoms with van der Waals surface area (Å²) < 4.78 is 0. The van der Waals surface area contributed by atoms with Gasteiger partial charge in [-0.05, 0) is 36.1 Å². The number of anilines is 1. The third-order valence-corrected chi connectivity index (χ3v) is 6.38.